The molecule has 3 aromatic rings. The van der Waals surface area contributed by atoms with E-state index in [4.69, 9.17) is 0 Å². The summed E-state index contributed by atoms with van der Waals surface area (Å²) in [6.45, 7) is 2.70. The first-order chi connectivity index (χ1) is 16.2. The van der Waals surface area contributed by atoms with Crippen molar-refractivity contribution in [2.75, 3.05) is 30.9 Å². The number of hydrogen-bond donors (Lipinski definition) is 1. The van der Waals surface area contributed by atoms with Gasteiger partial charge in [-0.1, -0.05) is 42.0 Å². The molecule has 0 spiro atoms. The Balaban J connectivity index is 1.47. The van der Waals surface area contributed by atoms with Crippen LogP contribution < -0.4 is 4.72 Å². The molecule has 1 saturated heterocycles. The van der Waals surface area contributed by atoms with Gasteiger partial charge in [-0.25, -0.2) is 16.8 Å². The molecule has 0 aliphatic carbocycles. The summed E-state index contributed by atoms with van der Waals surface area (Å²) in [5, 5.41) is 0. The van der Waals surface area contributed by atoms with Crippen LogP contribution in [-0.4, -0.2) is 58.1 Å². The van der Waals surface area contributed by atoms with Crippen LogP contribution in [0.15, 0.2) is 88.7 Å². The molecule has 0 unspecified atom stereocenters. The van der Waals surface area contributed by atoms with Crippen LogP contribution in [-0.2, 0) is 20.0 Å². The van der Waals surface area contributed by atoms with Crippen LogP contribution in [0, 0.1) is 6.92 Å². The van der Waals surface area contributed by atoms with Crippen LogP contribution >= 0.6 is 0 Å². The molecule has 8 nitrogen and oxygen atoms in total. The van der Waals surface area contributed by atoms with Gasteiger partial charge in [0.1, 0.15) is 0 Å². The summed E-state index contributed by atoms with van der Waals surface area (Å²) < 4.78 is 55.5. The van der Waals surface area contributed by atoms with Gasteiger partial charge in [0.2, 0.25) is 10.0 Å². The molecule has 4 rings (SSSR count). The highest BCUT2D eigenvalue weighted by Gasteiger charge is 2.30. The number of hydrogen-bond acceptors (Lipinski definition) is 5. The van der Waals surface area contributed by atoms with Crippen LogP contribution in [0.5, 0.6) is 0 Å². The van der Waals surface area contributed by atoms with Gasteiger partial charge in [0.15, 0.2) is 0 Å². The van der Waals surface area contributed by atoms with E-state index in [0.29, 0.717) is 5.56 Å². The van der Waals surface area contributed by atoms with Crippen molar-refractivity contribution < 1.29 is 21.6 Å². The fourth-order valence-electron chi connectivity index (χ4n) is 3.70. The van der Waals surface area contributed by atoms with Crippen LogP contribution in [0.4, 0.5) is 5.69 Å². The highest BCUT2D eigenvalue weighted by atomic mass is 32.2. The van der Waals surface area contributed by atoms with Crippen molar-refractivity contribution in [3.63, 3.8) is 0 Å². The number of carbonyl (C=O) groups excluding carboxylic acids is 1. The first-order valence-electron chi connectivity index (χ1n) is 10.7. The number of benzene rings is 3. The smallest absolute Gasteiger partial charge is 0.261 e. The van der Waals surface area contributed by atoms with Crippen molar-refractivity contribution in [3.8, 4) is 0 Å². The Hall–Kier alpha value is -3.21. The number of amides is 1. The lowest BCUT2D eigenvalue weighted by molar-refractivity contribution is 0.0698. The highest BCUT2D eigenvalue weighted by molar-refractivity contribution is 7.92. The maximum absolute atomic E-state index is 13.2. The molecule has 1 heterocycles. The second-order valence-electron chi connectivity index (χ2n) is 8.01. The van der Waals surface area contributed by atoms with Gasteiger partial charge in [-0.15, -0.1) is 0 Å². The number of sulfonamides is 2. The largest absolute Gasteiger partial charge is 0.336 e. The second-order valence-corrected chi connectivity index (χ2v) is 11.6. The zero-order chi connectivity index (χ0) is 24.3. The van der Waals surface area contributed by atoms with Crippen molar-refractivity contribution in [1.29, 1.82) is 0 Å². The van der Waals surface area contributed by atoms with Crippen LogP contribution in [0.3, 0.4) is 0 Å². The molecule has 0 aromatic heterocycles. The molecule has 0 bridgehead atoms. The van der Waals surface area contributed by atoms with Crippen molar-refractivity contribution in [2.45, 2.75) is 16.7 Å². The Morgan fingerprint density at radius 3 is 2.06 bits per heavy atom. The van der Waals surface area contributed by atoms with Gasteiger partial charge in [0, 0.05) is 31.7 Å². The molecule has 3 aromatic carbocycles. The second kappa shape index (κ2) is 9.57. The Kier molecular flexibility index (Phi) is 6.74. The van der Waals surface area contributed by atoms with Gasteiger partial charge in [0.05, 0.1) is 15.5 Å². The van der Waals surface area contributed by atoms with E-state index in [1.54, 1.807) is 41.3 Å². The van der Waals surface area contributed by atoms with Gasteiger partial charge in [0.25, 0.3) is 15.9 Å². The SMILES string of the molecule is Cc1ccc(S(=O)(=O)Nc2cccc(S(=O)(=O)N3CCN(C(=O)c4ccccc4)CC3)c2)cc1. The van der Waals surface area contributed by atoms with Crippen LogP contribution in [0.2, 0.25) is 0 Å². The molecule has 1 fully saturated rings. The van der Waals surface area contributed by atoms with Gasteiger partial charge in [-0.2, -0.15) is 4.31 Å². The van der Waals surface area contributed by atoms with Crippen LogP contribution in [0.1, 0.15) is 15.9 Å². The lowest BCUT2D eigenvalue weighted by Crippen LogP contribution is -2.50. The molecule has 34 heavy (non-hydrogen) atoms. The molecule has 0 atom stereocenters. The standard InChI is InChI=1S/C24H25N3O5S2/c1-19-10-12-22(13-11-19)33(29,30)25-21-8-5-9-23(18-21)34(31,32)27-16-14-26(15-17-27)24(28)20-6-3-2-4-7-20/h2-13,18,25H,14-17H2,1H3. The average molecular weight is 500 g/mol. The van der Waals surface area contributed by atoms with E-state index in [2.05, 4.69) is 4.72 Å². The maximum atomic E-state index is 13.2. The lowest BCUT2D eigenvalue weighted by atomic mass is 10.2. The van der Waals surface area contributed by atoms with Crippen molar-refractivity contribution in [2.24, 2.45) is 0 Å². The molecule has 10 heteroatoms. The Bertz CT molecular complexity index is 1380. The summed E-state index contributed by atoms with van der Waals surface area (Å²) in [5.74, 6) is -0.134. The molecule has 1 N–H and O–H groups in total. The highest BCUT2D eigenvalue weighted by Crippen LogP contribution is 2.23. The number of aryl methyl sites for hydroxylation is 1. The molecule has 1 aliphatic heterocycles. The van der Waals surface area contributed by atoms with E-state index >= 15 is 0 Å². The van der Waals surface area contributed by atoms with Crippen molar-refractivity contribution in [3.05, 3.63) is 90.0 Å². The fourth-order valence-corrected chi connectivity index (χ4v) is 6.21. The first-order valence-corrected chi connectivity index (χ1v) is 13.6. The minimum Gasteiger partial charge on any atom is -0.336 e. The molecule has 0 saturated carbocycles. The number of piperazine rings is 1. The van der Waals surface area contributed by atoms with Crippen molar-refractivity contribution >= 4 is 31.6 Å². The topological polar surface area (TPSA) is 104 Å². The summed E-state index contributed by atoms with van der Waals surface area (Å²) in [6.07, 6.45) is 0. The molecule has 1 aliphatic rings. The normalized spacial score (nSPS) is 15.1. The third kappa shape index (κ3) is 5.14. The maximum Gasteiger partial charge on any atom is 0.261 e. The quantitative estimate of drug-likeness (QED) is 0.562. The minimum atomic E-state index is -3.86. The summed E-state index contributed by atoms with van der Waals surface area (Å²) in [7, 11) is -7.73. The zero-order valence-corrected chi connectivity index (χ0v) is 20.2. The van der Waals surface area contributed by atoms with E-state index in [1.807, 2.05) is 13.0 Å². The van der Waals surface area contributed by atoms with Crippen LogP contribution in [0.25, 0.3) is 0 Å². The van der Waals surface area contributed by atoms with Gasteiger partial charge in [-0.05, 0) is 49.4 Å². The number of nitrogens with one attached hydrogen (secondary N) is 1. The Morgan fingerprint density at radius 1 is 0.765 bits per heavy atom. The summed E-state index contributed by atoms with van der Waals surface area (Å²) in [6, 6.07) is 21.0. The van der Waals surface area contributed by atoms with E-state index < -0.39 is 20.0 Å². The van der Waals surface area contributed by atoms with E-state index in [-0.39, 0.29) is 47.6 Å². The predicted octanol–water partition coefficient (Wildman–Crippen LogP) is 2.94. The van der Waals surface area contributed by atoms with E-state index in [9.17, 15) is 21.6 Å². The molecular weight excluding hydrogens is 474 g/mol. The molecule has 0 radical (unpaired) electrons. The third-order valence-electron chi connectivity index (χ3n) is 5.60. The predicted molar refractivity (Wildman–Crippen MR) is 130 cm³/mol. The van der Waals surface area contributed by atoms with E-state index in [1.165, 1.54) is 40.7 Å². The lowest BCUT2D eigenvalue weighted by Gasteiger charge is -2.34. The summed E-state index contributed by atoms with van der Waals surface area (Å²) >= 11 is 0. The molecule has 178 valence electrons. The Labute approximate surface area is 199 Å². The fraction of sp³-hybridized carbons (Fsp3) is 0.208. The number of anilines is 1. The monoisotopic (exact) mass is 499 g/mol. The van der Waals surface area contributed by atoms with Crippen molar-refractivity contribution in [1.82, 2.24) is 9.21 Å². The first kappa shape index (κ1) is 23.9. The van der Waals surface area contributed by atoms with Gasteiger partial charge >= 0.3 is 0 Å². The Morgan fingerprint density at radius 2 is 1.41 bits per heavy atom. The third-order valence-corrected chi connectivity index (χ3v) is 8.89. The minimum absolute atomic E-state index is 0.0144. The van der Waals surface area contributed by atoms with E-state index in [0.717, 1.165) is 5.56 Å². The molecular formula is C24H25N3O5S2. The summed E-state index contributed by atoms with van der Waals surface area (Å²) in [4.78, 5) is 14.3. The number of carbonyl (C=O) groups is 1. The van der Waals surface area contributed by atoms with Gasteiger partial charge in [-0.3, -0.25) is 9.52 Å². The van der Waals surface area contributed by atoms with Gasteiger partial charge < -0.3 is 4.90 Å². The zero-order valence-electron chi connectivity index (χ0n) is 18.6. The average Bonchev–Trinajstić information content (AvgIpc) is 2.84. The number of nitrogens with zero attached hydrogens (tertiary/aromatic N) is 2. The number of rotatable bonds is 6. The summed E-state index contributed by atoms with van der Waals surface area (Å²) in [5.41, 5.74) is 1.64. The molecule has 1 amide bonds.